The number of phosphoric ester groups is 1. The lowest BCUT2D eigenvalue weighted by atomic mass is 10.0. The van der Waals surface area contributed by atoms with Gasteiger partial charge in [0.05, 0.1) is 33.8 Å². The largest absolute Gasteiger partial charge is 0.756 e. The van der Waals surface area contributed by atoms with Gasteiger partial charge in [0.1, 0.15) is 19.3 Å². The van der Waals surface area contributed by atoms with Gasteiger partial charge >= 0.3 is 5.97 Å². The molecule has 0 fully saturated rings. The summed E-state index contributed by atoms with van der Waals surface area (Å²) in [5.41, 5.74) is 0. The van der Waals surface area contributed by atoms with Crippen molar-refractivity contribution in [3.63, 3.8) is 0 Å². The van der Waals surface area contributed by atoms with E-state index in [9.17, 15) is 19.0 Å². The van der Waals surface area contributed by atoms with E-state index < -0.39 is 32.5 Å². The van der Waals surface area contributed by atoms with E-state index in [1.165, 1.54) is 161 Å². The molecular formula is C73H129N2O7P. The van der Waals surface area contributed by atoms with E-state index in [0.717, 1.165) is 89.9 Å². The van der Waals surface area contributed by atoms with Gasteiger partial charge in [-0.25, -0.2) is 0 Å². The lowest BCUT2D eigenvalue weighted by Gasteiger charge is -2.30. The fourth-order valence-electron chi connectivity index (χ4n) is 9.46. The SMILES string of the molecule is CC/C=C\C/C=C\C/C=C\C/C=C\C/C=C\C/C=C\CCC(=O)OC(/C=C\CCCCCCCCCCCCC)C(COP(=O)([O-])OCC[N+](C)(C)C)NC(=O)CCCCCCCCCCCCCCCCC/C=C\C/C=C\CCCCC. The molecule has 0 aromatic heterocycles. The molecule has 0 aliphatic carbocycles. The first-order valence-electron chi connectivity index (χ1n) is 34.2. The van der Waals surface area contributed by atoms with E-state index >= 15 is 0 Å². The van der Waals surface area contributed by atoms with Gasteiger partial charge in [-0.05, 0) is 102 Å². The summed E-state index contributed by atoms with van der Waals surface area (Å²) in [6.45, 7) is 6.67. The Morgan fingerprint density at radius 1 is 0.434 bits per heavy atom. The number of phosphoric acid groups is 1. The molecule has 3 atom stereocenters. The van der Waals surface area contributed by atoms with Crippen LogP contribution >= 0.6 is 7.82 Å². The quantitative estimate of drug-likeness (QED) is 0.0212. The summed E-state index contributed by atoms with van der Waals surface area (Å²) in [4.78, 5) is 40.1. The van der Waals surface area contributed by atoms with Crippen molar-refractivity contribution in [2.45, 2.75) is 303 Å². The molecule has 0 aliphatic rings. The highest BCUT2D eigenvalue weighted by Crippen LogP contribution is 2.38. The number of amides is 1. The number of hydrogen-bond donors (Lipinski definition) is 1. The zero-order valence-electron chi connectivity index (χ0n) is 54.6. The predicted octanol–water partition coefficient (Wildman–Crippen LogP) is 21.0. The molecule has 9 nitrogen and oxygen atoms in total. The minimum Gasteiger partial charge on any atom is -0.756 e. The molecule has 0 saturated heterocycles. The maximum absolute atomic E-state index is 13.6. The standard InChI is InChI=1S/C73H129N2O7P/c1-7-10-13-16-19-22-25-28-30-32-34-35-36-37-38-39-41-42-44-47-50-53-56-59-62-65-72(76)74-70(69-81-83(78,79)80-68-67-75(4,5)6)71(64-61-58-55-52-49-46-27-24-21-18-15-12-9-3)82-73(77)66-63-60-57-54-51-48-45-43-40-33-31-29-26-23-20-17-14-11-8-2/h11,14,19-20,22-23,28-31,40,43,48,51,57,60-61,64,70-71H,7-10,12-13,15-18,21,24-27,32-39,41-42,44-47,49-50,52-56,58-59,62-63,65-69H2,1-6H3,(H-,74,76,78,79)/b14-11-,22-19-,23-20-,30-28-,31-29-,43-40-,51-48-,60-57-,64-61-. The molecule has 0 aliphatic heterocycles. The minimum absolute atomic E-state index is 0.0375. The monoisotopic (exact) mass is 1180 g/mol. The molecule has 1 N–H and O–H groups in total. The topological polar surface area (TPSA) is 114 Å². The van der Waals surface area contributed by atoms with Gasteiger partial charge in [-0.2, -0.15) is 0 Å². The van der Waals surface area contributed by atoms with Crippen LogP contribution in [0.15, 0.2) is 109 Å². The van der Waals surface area contributed by atoms with E-state index in [-0.39, 0.29) is 18.9 Å². The van der Waals surface area contributed by atoms with Gasteiger partial charge in [-0.1, -0.05) is 285 Å². The molecular weight excluding hydrogens is 1050 g/mol. The zero-order valence-corrected chi connectivity index (χ0v) is 55.5. The molecule has 83 heavy (non-hydrogen) atoms. The fraction of sp³-hybridized carbons (Fsp3) is 0.726. The van der Waals surface area contributed by atoms with E-state index in [4.69, 9.17) is 13.8 Å². The first kappa shape index (κ1) is 79.7. The third kappa shape index (κ3) is 63.0. The Labute approximate surface area is 512 Å². The van der Waals surface area contributed by atoms with Gasteiger partial charge < -0.3 is 28.5 Å². The van der Waals surface area contributed by atoms with Crippen molar-refractivity contribution < 1.29 is 37.3 Å². The van der Waals surface area contributed by atoms with Crippen LogP contribution in [-0.4, -0.2) is 69.4 Å². The summed E-state index contributed by atoms with van der Waals surface area (Å²) in [5, 5.41) is 3.02. The molecule has 0 aromatic carbocycles. The first-order chi connectivity index (χ1) is 40.4. The highest BCUT2D eigenvalue weighted by atomic mass is 31.2. The van der Waals surface area contributed by atoms with Gasteiger partial charge in [0.2, 0.25) is 5.91 Å². The molecule has 0 saturated carbocycles. The summed E-state index contributed by atoms with van der Waals surface area (Å²) < 4.78 is 30.3. The number of esters is 1. The molecule has 0 heterocycles. The number of unbranched alkanes of at least 4 members (excludes halogenated alkanes) is 29. The van der Waals surface area contributed by atoms with Gasteiger partial charge in [-0.3, -0.25) is 14.2 Å². The number of nitrogens with one attached hydrogen (secondary N) is 1. The van der Waals surface area contributed by atoms with Crippen LogP contribution in [0, 0.1) is 0 Å². The van der Waals surface area contributed by atoms with E-state index in [2.05, 4.69) is 117 Å². The number of rotatable bonds is 61. The Balaban J connectivity index is 5.22. The Hall–Kier alpha value is -3.33. The number of quaternary nitrogens is 1. The average Bonchev–Trinajstić information content (AvgIpc) is 3.46. The van der Waals surface area contributed by atoms with Gasteiger partial charge in [-0.15, -0.1) is 0 Å². The van der Waals surface area contributed by atoms with Crippen LogP contribution in [0.4, 0.5) is 0 Å². The normalized spacial score (nSPS) is 14.3. The number of ether oxygens (including phenoxy) is 1. The maximum Gasteiger partial charge on any atom is 0.306 e. The number of carbonyl (C=O) groups excluding carboxylic acids is 2. The van der Waals surface area contributed by atoms with Gasteiger partial charge in [0, 0.05) is 12.8 Å². The fourth-order valence-corrected chi connectivity index (χ4v) is 10.2. The second-order valence-corrected chi connectivity index (χ2v) is 25.4. The molecule has 0 aromatic rings. The summed E-state index contributed by atoms with van der Waals surface area (Å²) >= 11 is 0. The van der Waals surface area contributed by atoms with Crippen molar-refractivity contribution in [2.75, 3.05) is 40.9 Å². The van der Waals surface area contributed by atoms with E-state index in [1.807, 2.05) is 39.4 Å². The lowest BCUT2D eigenvalue weighted by Crippen LogP contribution is -2.47. The Bertz CT molecular complexity index is 1790. The minimum atomic E-state index is -4.73. The lowest BCUT2D eigenvalue weighted by molar-refractivity contribution is -0.870. The molecule has 1 amide bonds. The number of carbonyl (C=O) groups is 2. The van der Waals surface area contributed by atoms with E-state index in [1.54, 1.807) is 0 Å². The zero-order chi connectivity index (χ0) is 60.7. The first-order valence-corrected chi connectivity index (χ1v) is 35.7. The molecule has 478 valence electrons. The van der Waals surface area contributed by atoms with Gasteiger partial charge in [0.15, 0.2) is 0 Å². The Kier molecular flexibility index (Phi) is 59.3. The number of hydrogen-bond acceptors (Lipinski definition) is 7. The van der Waals surface area contributed by atoms with Gasteiger partial charge in [0.25, 0.3) is 7.82 Å². The summed E-state index contributed by atoms with van der Waals surface area (Å²) in [6, 6.07) is -0.926. The van der Waals surface area contributed by atoms with Crippen molar-refractivity contribution in [1.82, 2.24) is 5.32 Å². The smallest absolute Gasteiger partial charge is 0.306 e. The average molecular weight is 1180 g/mol. The van der Waals surface area contributed by atoms with Crippen LogP contribution < -0.4 is 10.2 Å². The second-order valence-electron chi connectivity index (χ2n) is 23.9. The van der Waals surface area contributed by atoms with Crippen LogP contribution in [-0.2, 0) is 27.9 Å². The predicted molar refractivity (Wildman–Crippen MR) is 357 cm³/mol. The molecule has 0 bridgehead atoms. The van der Waals surface area contributed by atoms with Crippen LogP contribution in [0.25, 0.3) is 0 Å². The molecule has 0 rings (SSSR count). The van der Waals surface area contributed by atoms with Crippen LogP contribution in [0.1, 0.15) is 290 Å². The Morgan fingerprint density at radius 2 is 0.783 bits per heavy atom. The van der Waals surface area contributed by atoms with Crippen molar-refractivity contribution in [3.8, 4) is 0 Å². The summed E-state index contributed by atoms with van der Waals surface area (Å²) in [6.07, 6.45) is 85.1. The van der Waals surface area contributed by atoms with Crippen LogP contribution in [0.3, 0.4) is 0 Å². The maximum atomic E-state index is 13.6. The highest BCUT2D eigenvalue weighted by molar-refractivity contribution is 7.45. The third-order valence-electron chi connectivity index (χ3n) is 14.7. The van der Waals surface area contributed by atoms with E-state index in [0.29, 0.717) is 23.9 Å². The van der Waals surface area contributed by atoms with Crippen molar-refractivity contribution >= 4 is 19.7 Å². The summed E-state index contributed by atoms with van der Waals surface area (Å²) in [7, 11) is 1.14. The summed E-state index contributed by atoms with van der Waals surface area (Å²) in [5.74, 6) is -0.637. The van der Waals surface area contributed by atoms with Crippen molar-refractivity contribution in [2.24, 2.45) is 0 Å². The molecule has 3 unspecified atom stereocenters. The number of nitrogens with zero attached hydrogens (tertiary/aromatic N) is 1. The third-order valence-corrected chi connectivity index (χ3v) is 15.7. The van der Waals surface area contributed by atoms with Crippen molar-refractivity contribution in [1.29, 1.82) is 0 Å². The molecule has 0 radical (unpaired) electrons. The van der Waals surface area contributed by atoms with Crippen molar-refractivity contribution in [3.05, 3.63) is 109 Å². The highest BCUT2D eigenvalue weighted by Gasteiger charge is 2.27. The Morgan fingerprint density at radius 3 is 1.20 bits per heavy atom. The van der Waals surface area contributed by atoms with Crippen LogP contribution in [0.5, 0.6) is 0 Å². The second kappa shape index (κ2) is 61.7. The number of allylic oxidation sites excluding steroid dienone is 17. The molecule has 0 spiro atoms. The number of likely N-dealkylation sites (N-methyl/N-ethyl adjacent to an activating group) is 1. The molecule has 10 heteroatoms. The van der Waals surface area contributed by atoms with Crippen LogP contribution in [0.2, 0.25) is 0 Å².